The van der Waals surface area contributed by atoms with Crippen molar-refractivity contribution in [3.05, 3.63) is 64.4 Å². The molecule has 0 aliphatic heterocycles. The molecule has 1 aromatic heterocycles. The Balaban J connectivity index is 1.70. The van der Waals surface area contributed by atoms with Crippen LogP contribution in [0.5, 0.6) is 5.75 Å². The Morgan fingerprint density at radius 1 is 1.19 bits per heavy atom. The number of benzene rings is 2. The van der Waals surface area contributed by atoms with Crippen molar-refractivity contribution in [3.8, 4) is 5.75 Å². The molecular formula is C25H26N2O4. The van der Waals surface area contributed by atoms with E-state index in [-0.39, 0.29) is 5.91 Å². The van der Waals surface area contributed by atoms with Gasteiger partial charge in [-0.3, -0.25) is 9.59 Å². The first kappa shape index (κ1) is 20.7. The maximum Gasteiger partial charge on any atom is 0.248 e. The van der Waals surface area contributed by atoms with Gasteiger partial charge in [0.15, 0.2) is 0 Å². The van der Waals surface area contributed by atoms with Crippen LogP contribution >= 0.6 is 0 Å². The monoisotopic (exact) mass is 418 g/mol. The normalized spacial score (nSPS) is 13.7. The van der Waals surface area contributed by atoms with E-state index in [4.69, 9.17) is 14.9 Å². The van der Waals surface area contributed by atoms with E-state index in [2.05, 4.69) is 11.4 Å². The molecule has 4 rings (SSSR count). The third-order valence-corrected chi connectivity index (χ3v) is 5.82. The summed E-state index contributed by atoms with van der Waals surface area (Å²) in [5, 5.41) is 3.89. The molecule has 1 aliphatic rings. The van der Waals surface area contributed by atoms with Crippen molar-refractivity contribution in [2.75, 3.05) is 12.4 Å². The van der Waals surface area contributed by atoms with Gasteiger partial charge in [0.1, 0.15) is 17.1 Å². The number of furan rings is 1. The van der Waals surface area contributed by atoms with Crippen molar-refractivity contribution >= 4 is 34.0 Å². The lowest BCUT2D eigenvalue weighted by molar-refractivity contribution is -0.111. The van der Waals surface area contributed by atoms with Gasteiger partial charge in [0.2, 0.25) is 11.8 Å². The lowest BCUT2D eigenvalue weighted by Crippen LogP contribution is -2.13. The van der Waals surface area contributed by atoms with Crippen LogP contribution in [0.15, 0.2) is 40.8 Å². The first-order valence-electron chi connectivity index (χ1n) is 10.4. The Kier molecular flexibility index (Phi) is 5.55. The standard InChI is InChI=1S/C25H26N2O4/c1-14(11-22(28)27-17-8-6-7-16(12-17)25(26)29)19-13-20-18-9-4-5-10-21(18)31-24(20)15(2)23(19)30-3/h6-8,11-13H,4-5,9-10H2,1-3H3,(H2,26,29)(H,27,28)/b14-11+. The fraction of sp³-hybridized carbons (Fsp3) is 0.280. The third kappa shape index (κ3) is 3.93. The van der Waals surface area contributed by atoms with E-state index in [1.807, 2.05) is 13.8 Å². The molecular weight excluding hydrogens is 392 g/mol. The smallest absolute Gasteiger partial charge is 0.248 e. The molecule has 2 aromatic carbocycles. The predicted molar refractivity (Wildman–Crippen MR) is 121 cm³/mol. The number of rotatable bonds is 5. The highest BCUT2D eigenvalue weighted by molar-refractivity contribution is 6.05. The van der Waals surface area contributed by atoms with Gasteiger partial charge in [-0.2, -0.15) is 0 Å². The predicted octanol–water partition coefficient (Wildman–Crippen LogP) is 4.77. The molecule has 0 spiro atoms. The number of ether oxygens (including phenoxy) is 1. The average Bonchev–Trinajstić information content (AvgIpc) is 3.13. The van der Waals surface area contributed by atoms with Crippen LogP contribution in [0.25, 0.3) is 16.5 Å². The molecule has 160 valence electrons. The van der Waals surface area contributed by atoms with Crippen molar-refractivity contribution in [3.63, 3.8) is 0 Å². The van der Waals surface area contributed by atoms with Gasteiger partial charge in [-0.15, -0.1) is 0 Å². The molecule has 31 heavy (non-hydrogen) atoms. The fourth-order valence-electron chi connectivity index (χ4n) is 4.30. The number of fused-ring (bicyclic) bond motifs is 3. The summed E-state index contributed by atoms with van der Waals surface area (Å²) in [6, 6.07) is 8.61. The van der Waals surface area contributed by atoms with Gasteiger partial charge < -0.3 is 20.2 Å². The van der Waals surface area contributed by atoms with Gasteiger partial charge in [-0.05, 0) is 62.9 Å². The zero-order valence-electron chi connectivity index (χ0n) is 18.0. The highest BCUT2D eigenvalue weighted by Gasteiger charge is 2.23. The zero-order chi connectivity index (χ0) is 22.1. The molecule has 0 bridgehead atoms. The molecule has 0 saturated carbocycles. The van der Waals surface area contributed by atoms with E-state index in [1.165, 1.54) is 11.6 Å². The highest BCUT2D eigenvalue weighted by atomic mass is 16.5. The summed E-state index contributed by atoms with van der Waals surface area (Å²) in [6.45, 7) is 3.87. The molecule has 0 atom stereocenters. The van der Waals surface area contributed by atoms with Crippen LogP contribution in [0.1, 0.15) is 52.6 Å². The van der Waals surface area contributed by atoms with Crippen LogP contribution in [0.4, 0.5) is 5.69 Å². The maximum atomic E-state index is 12.6. The van der Waals surface area contributed by atoms with E-state index >= 15 is 0 Å². The van der Waals surface area contributed by atoms with Gasteiger partial charge in [-0.1, -0.05) is 6.07 Å². The largest absolute Gasteiger partial charge is 0.496 e. The molecule has 6 nitrogen and oxygen atoms in total. The zero-order valence-corrected chi connectivity index (χ0v) is 18.0. The van der Waals surface area contributed by atoms with Crippen molar-refractivity contribution in [2.24, 2.45) is 5.73 Å². The van der Waals surface area contributed by atoms with Crippen LogP contribution in [0.2, 0.25) is 0 Å². The van der Waals surface area contributed by atoms with Gasteiger partial charge >= 0.3 is 0 Å². The molecule has 0 saturated heterocycles. The quantitative estimate of drug-likeness (QED) is 0.584. The summed E-state index contributed by atoms with van der Waals surface area (Å²) in [4.78, 5) is 24.0. The lowest BCUT2D eigenvalue weighted by Gasteiger charge is -2.13. The molecule has 0 radical (unpaired) electrons. The number of carbonyl (C=O) groups excluding carboxylic acids is 2. The summed E-state index contributed by atoms with van der Waals surface area (Å²) in [6.07, 6.45) is 5.80. The first-order chi connectivity index (χ1) is 14.9. The van der Waals surface area contributed by atoms with E-state index < -0.39 is 5.91 Å². The van der Waals surface area contributed by atoms with Gasteiger partial charge in [0.25, 0.3) is 0 Å². The van der Waals surface area contributed by atoms with Crippen molar-refractivity contribution < 1.29 is 18.7 Å². The second-order valence-electron chi connectivity index (χ2n) is 7.93. The van der Waals surface area contributed by atoms with Gasteiger partial charge in [0, 0.05) is 45.8 Å². The summed E-state index contributed by atoms with van der Waals surface area (Å²) >= 11 is 0. The SMILES string of the molecule is COc1c(/C(C)=C/C(=O)Nc2cccc(C(N)=O)c2)cc2c3c(oc2c1C)CCCC3. The Hall–Kier alpha value is -3.54. The van der Waals surface area contributed by atoms with Crippen molar-refractivity contribution in [1.29, 1.82) is 0 Å². The van der Waals surface area contributed by atoms with Gasteiger partial charge in [-0.25, -0.2) is 0 Å². The van der Waals surface area contributed by atoms with Crippen molar-refractivity contribution in [1.82, 2.24) is 0 Å². The van der Waals surface area contributed by atoms with Crippen LogP contribution in [0, 0.1) is 6.92 Å². The maximum absolute atomic E-state index is 12.6. The number of amides is 2. The number of allylic oxidation sites excluding steroid dienone is 1. The number of nitrogens with one attached hydrogen (secondary N) is 1. The number of hydrogen-bond donors (Lipinski definition) is 2. The minimum atomic E-state index is -0.542. The molecule has 3 N–H and O–H groups in total. The van der Waals surface area contributed by atoms with E-state index in [0.29, 0.717) is 17.0 Å². The minimum Gasteiger partial charge on any atom is -0.496 e. The highest BCUT2D eigenvalue weighted by Crippen LogP contribution is 2.41. The minimum absolute atomic E-state index is 0.298. The number of nitrogens with two attached hydrogens (primary N) is 1. The Labute approximate surface area is 181 Å². The Morgan fingerprint density at radius 3 is 2.71 bits per heavy atom. The van der Waals surface area contributed by atoms with E-state index in [9.17, 15) is 9.59 Å². The van der Waals surface area contributed by atoms with Gasteiger partial charge in [0.05, 0.1) is 7.11 Å². The topological polar surface area (TPSA) is 94.6 Å². The summed E-state index contributed by atoms with van der Waals surface area (Å²) in [5.41, 5.74) is 10.9. The average molecular weight is 418 g/mol. The molecule has 2 amide bonds. The van der Waals surface area contributed by atoms with Crippen molar-refractivity contribution in [2.45, 2.75) is 39.5 Å². The second-order valence-corrected chi connectivity index (χ2v) is 7.93. The Morgan fingerprint density at radius 2 is 1.97 bits per heavy atom. The number of anilines is 1. The van der Waals surface area contributed by atoms with Crippen LogP contribution < -0.4 is 15.8 Å². The number of methoxy groups -OCH3 is 1. The summed E-state index contributed by atoms with van der Waals surface area (Å²) in [7, 11) is 1.63. The lowest BCUT2D eigenvalue weighted by atomic mass is 9.93. The molecule has 3 aromatic rings. The van der Waals surface area contributed by atoms with E-state index in [1.54, 1.807) is 31.4 Å². The first-order valence-corrected chi connectivity index (χ1v) is 10.4. The second kappa shape index (κ2) is 8.30. The van der Waals surface area contributed by atoms with Crippen LogP contribution in [-0.4, -0.2) is 18.9 Å². The van der Waals surface area contributed by atoms with Crippen LogP contribution in [0.3, 0.4) is 0 Å². The van der Waals surface area contributed by atoms with E-state index in [0.717, 1.165) is 59.1 Å². The molecule has 6 heteroatoms. The molecule has 1 heterocycles. The summed E-state index contributed by atoms with van der Waals surface area (Å²) < 4.78 is 11.9. The molecule has 0 fully saturated rings. The number of carbonyl (C=O) groups is 2. The number of primary amides is 1. The number of aryl methyl sites for hydroxylation is 3. The fourth-order valence-corrected chi connectivity index (χ4v) is 4.30. The third-order valence-electron chi connectivity index (χ3n) is 5.82. The summed E-state index contributed by atoms with van der Waals surface area (Å²) in [5.74, 6) is 0.932. The number of hydrogen-bond acceptors (Lipinski definition) is 4. The molecule has 1 aliphatic carbocycles. The Bertz CT molecular complexity index is 1220. The van der Waals surface area contributed by atoms with Crippen LogP contribution in [-0.2, 0) is 17.6 Å². The molecule has 0 unspecified atom stereocenters.